The molecule has 0 saturated heterocycles. The lowest BCUT2D eigenvalue weighted by Gasteiger charge is -2.13. The molecule has 22 heavy (non-hydrogen) atoms. The van der Waals surface area contributed by atoms with Gasteiger partial charge in [0.25, 0.3) is 0 Å². The molecule has 0 aliphatic rings. The van der Waals surface area contributed by atoms with E-state index in [1.54, 1.807) is 25.6 Å². The van der Waals surface area contributed by atoms with Crippen molar-refractivity contribution in [3.63, 3.8) is 0 Å². The van der Waals surface area contributed by atoms with Crippen LogP contribution in [0.15, 0.2) is 36.4 Å². The van der Waals surface area contributed by atoms with E-state index in [0.29, 0.717) is 17.7 Å². The number of rotatable bonds is 5. The van der Waals surface area contributed by atoms with E-state index in [-0.39, 0.29) is 0 Å². The molecule has 0 aliphatic carbocycles. The third-order valence-electron chi connectivity index (χ3n) is 3.39. The van der Waals surface area contributed by atoms with Gasteiger partial charge in [-0.25, -0.2) is 4.98 Å². The Kier molecular flexibility index (Phi) is 4.36. The topological polar surface area (TPSA) is 48.4 Å². The predicted octanol–water partition coefficient (Wildman–Crippen LogP) is 4.50. The maximum absolute atomic E-state index is 11.0. The quantitative estimate of drug-likeness (QED) is 0.645. The fraction of sp³-hybridized carbons (Fsp3) is 0.188. The summed E-state index contributed by atoms with van der Waals surface area (Å²) in [6.07, 6.45) is 0.444. The predicted molar refractivity (Wildman–Crippen MR) is 90.9 cm³/mol. The molecule has 2 aromatic carbocycles. The van der Waals surface area contributed by atoms with Crippen LogP contribution in [0, 0.1) is 0 Å². The van der Waals surface area contributed by atoms with E-state index < -0.39 is 8.46 Å². The van der Waals surface area contributed by atoms with Crippen LogP contribution in [0.1, 0.15) is 5.56 Å². The number of benzene rings is 2. The molecular weight excluding hydrogens is 317 g/mol. The number of thiazole rings is 1. The van der Waals surface area contributed by atoms with Crippen molar-refractivity contribution in [3.05, 3.63) is 42.0 Å². The Morgan fingerprint density at radius 3 is 2.55 bits per heavy atom. The van der Waals surface area contributed by atoms with Gasteiger partial charge in [0, 0.05) is 5.56 Å². The van der Waals surface area contributed by atoms with Crippen LogP contribution in [0.25, 0.3) is 20.8 Å². The summed E-state index contributed by atoms with van der Waals surface area (Å²) in [4.78, 5) is 4.67. The maximum atomic E-state index is 11.0. The van der Waals surface area contributed by atoms with Crippen LogP contribution in [0.2, 0.25) is 0 Å². The highest BCUT2D eigenvalue weighted by atomic mass is 32.1. The van der Waals surface area contributed by atoms with Gasteiger partial charge in [-0.05, 0) is 18.2 Å². The molecule has 0 N–H and O–H groups in total. The van der Waals surface area contributed by atoms with Crippen LogP contribution in [0.5, 0.6) is 11.5 Å². The minimum atomic E-state index is -0.411. The van der Waals surface area contributed by atoms with Crippen molar-refractivity contribution in [3.8, 4) is 22.1 Å². The molecule has 0 bridgehead atoms. The molecule has 0 saturated carbocycles. The van der Waals surface area contributed by atoms with Crippen molar-refractivity contribution in [2.45, 2.75) is 6.16 Å². The van der Waals surface area contributed by atoms with E-state index in [0.717, 1.165) is 26.4 Å². The van der Waals surface area contributed by atoms with Gasteiger partial charge in [0.05, 0.1) is 30.0 Å². The first-order valence-electron chi connectivity index (χ1n) is 6.73. The Balaban J connectivity index is 2.19. The summed E-state index contributed by atoms with van der Waals surface area (Å²) in [5, 5.41) is 0.882. The maximum Gasteiger partial charge on any atom is 0.329 e. The van der Waals surface area contributed by atoms with Crippen molar-refractivity contribution < 1.29 is 14.0 Å². The molecule has 6 heteroatoms. The number of ether oxygens (including phenoxy) is 2. The van der Waals surface area contributed by atoms with E-state index in [2.05, 4.69) is 4.98 Å². The average molecular weight is 332 g/mol. The van der Waals surface area contributed by atoms with Crippen LogP contribution in [-0.2, 0) is 10.7 Å². The summed E-state index contributed by atoms with van der Waals surface area (Å²) in [6, 6.07) is 11.9. The number of aromatic nitrogens is 1. The van der Waals surface area contributed by atoms with Crippen molar-refractivity contribution in [1.29, 1.82) is 0 Å². The number of para-hydroxylation sites is 1. The fourth-order valence-electron chi connectivity index (χ4n) is 2.40. The number of fused-ring (bicyclic) bond motifs is 1. The number of hydrogen-bond donors (Lipinski definition) is 0. The zero-order chi connectivity index (χ0) is 15.5. The van der Waals surface area contributed by atoms with Crippen molar-refractivity contribution in [2.24, 2.45) is 0 Å². The van der Waals surface area contributed by atoms with Gasteiger partial charge in [-0.3, -0.25) is 0 Å². The molecule has 0 aliphatic heterocycles. The van der Waals surface area contributed by atoms with Gasteiger partial charge in [0.15, 0.2) is 17.7 Å². The first kappa shape index (κ1) is 14.9. The molecule has 1 atom stereocenters. The van der Waals surface area contributed by atoms with Crippen molar-refractivity contribution in [2.75, 3.05) is 14.2 Å². The highest BCUT2D eigenvalue weighted by molar-refractivity contribution is 7.22. The van der Waals surface area contributed by atoms with E-state index in [1.807, 2.05) is 36.4 Å². The highest BCUT2D eigenvalue weighted by Gasteiger charge is 2.20. The number of nitrogens with zero attached hydrogens (tertiary/aromatic N) is 1. The smallest absolute Gasteiger partial charge is 0.329 e. The average Bonchev–Trinajstić information content (AvgIpc) is 2.98. The third-order valence-corrected chi connectivity index (χ3v) is 4.98. The molecule has 4 nitrogen and oxygen atoms in total. The Morgan fingerprint density at radius 2 is 1.86 bits per heavy atom. The normalized spacial score (nSPS) is 11.0. The minimum Gasteiger partial charge on any atom is -0.492 e. The van der Waals surface area contributed by atoms with Gasteiger partial charge in [-0.1, -0.05) is 22.8 Å². The standard InChI is InChI=1S/C16H14NO3PS/c1-19-14-10(9-21-18)7-8-11(15(14)20-2)16-17-12-5-3-4-6-13(12)22-16/h3-8H,9H2,1-2H3/p+1. The minimum absolute atomic E-state index is 0.411. The van der Waals surface area contributed by atoms with E-state index in [4.69, 9.17) is 9.47 Å². The van der Waals surface area contributed by atoms with Gasteiger partial charge >= 0.3 is 8.46 Å². The molecule has 3 rings (SSSR count). The molecule has 1 unspecified atom stereocenters. The van der Waals surface area contributed by atoms with Gasteiger partial charge < -0.3 is 9.47 Å². The Bertz CT molecular complexity index is 798. The zero-order valence-electron chi connectivity index (χ0n) is 12.3. The van der Waals surface area contributed by atoms with Crippen LogP contribution < -0.4 is 9.47 Å². The van der Waals surface area contributed by atoms with Crippen LogP contribution in [0.4, 0.5) is 0 Å². The van der Waals surface area contributed by atoms with Gasteiger partial charge in [-0.15, -0.1) is 11.3 Å². The molecule has 3 aromatic rings. The molecule has 112 valence electrons. The monoisotopic (exact) mass is 332 g/mol. The summed E-state index contributed by atoms with van der Waals surface area (Å²) in [6.45, 7) is 0. The lowest BCUT2D eigenvalue weighted by Crippen LogP contribution is -1.97. The Hall–Kier alpha value is -1.97. The summed E-state index contributed by atoms with van der Waals surface area (Å²) in [7, 11) is 2.79. The third kappa shape index (κ3) is 2.58. The summed E-state index contributed by atoms with van der Waals surface area (Å²) < 4.78 is 23.1. The molecule has 1 aromatic heterocycles. The molecule has 1 heterocycles. The first-order valence-corrected chi connectivity index (χ1v) is 8.66. The molecular formula is C16H15NO3PS+. The summed E-state index contributed by atoms with van der Waals surface area (Å²) in [5.41, 5.74) is 2.73. The molecule has 0 spiro atoms. The van der Waals surface area contributed by atoms with Crippen molar-refractivity contribution >= 4 is 30.0 Å². The van der Waals surface area contributed by atoms with Crippen LogP contribution in [-0.4, -0.2) is 19.2 Å². The molecule has 0 amide bonds. The molecule has 0 radical (unpaired) electrons. The summed E-state index contributed by atoms with van der Waals surface area (Å²) >= 11 is 1.61. The van der Waals surface area contributed by atoms with Crippen LogP contribution in [0.3, 0.4) is 0 Å². The fourth-order valence-corrected chi connectivity index (χ4v) is 3.82. The van der Waals surface area contributed by atoms with Gasteiger partial charge in [0.2, 0.25) is 0 Å². The lowest BCUT2D eigenvalue weighted by atomic mass is 10.1. The lowest BCUT2D eigenvalue weighted by molar-refractivity contribution is 0.354. The van der Waals surface area contributed by atoms with Crippen molar-refractivity contribution in [1.82, 2.24) is 4.98 Å². The van der Waals surface area contributed by atoms with E-state index in [1.165, 1.54) is 0 Å². The van der Waals surface area contributed by atoms with Crippen LogP contribution >= 0.6 is 19.8 Å². The number of methoxy groups -OCH3 is 2. The SMILES string of the molecule is COc1c(C[PH+]=O)ccc(-c2nc3ccccc3s2)c1OC. The zero-order valence-corrected chi connectivity index (χ0v) is 14.1. The van der Waals surface area contributed by atoms with Gasteiger partial charge in [-0.2, -0.15) is 0 Å². The van der Waals surface area contributed by atoms with Gasteiger partial charge in [0.1, 0.15) is 5.01 Å². The second-order valence-electron chi connectivity index (χ2n) is 4.65. The van der Waals surface area contributed by atoms with E-state index in [9.17, 15) is 4.57 Å². The number of hydrogen-bond acceptors (Lipinski definition) is 5. The Morgan fingerprint density at radius 1 is 1.09 bits per heavy atom. The Labute approximate surface area is 133 Å². The largest absolute Gasteiger partial charge is 0.492 e. The van der Waals surface area contributed by atoms with E-state index >= 15 is 0 Å². The molecule has 0 fully saturated rings. The second kappa shape index (κ2) is 6.42. The second-order valence-corrected chi connectivity index (χ2v) is 6.32. The first-order chi connectivity index (χ1) is 10.8. The summed E-state index contributed by atoms with van der Waals surface area (Å²) in [5.74, 6) is 1.26. The highest BCUT2D eigenvalue weighted by Crippen LogP contribution is 2.43.